The summed E-state index contributed by atoms with van der Waals surface area (Å²) in [7, 11) is 3.58. The third-order valence-electron chi connectivity index (χ3n) is 7.79. The summed E-state index contributed by atoms with van der Waals surface area (Å²) >= 11 is 0. The molecule has 1 aromatic carbocycles. The smallest absolute Gasteiger partial charge is 0.409 e. The van der Waals surface area contributed by atoms with Crippen LogP contribution < -0.4 is 5.32 Å². The Balaban J connectivity index is 1.38. The lowest BCUT2D eigenvalue weighted by Crippen LogP contribution is -2.52. The fourth-order valence-corrected chi connectivity index (χ4v) is 5.89. The molecule has 2 heterocycles. The number of likely N-dealkylation sites (tertiary alicyclic amines) is 2. The number of hydrogen-bond acceptors (Lipinski definition) is 4. The number of nitrogens with zero attached hydrogens (tertiary/aromatic N) is 3. The van der Waals surface area contributed by atoms with E-state index in [0.29, 0.717) is 12.6 Å². The fourth-order valence-electron chi connectivity index (χ4n) is 5.89. The Labute approximate surface area is 192 Å². The van der Waals surface area contributed by atoms with Gasteiger partial charge in [0.15, 0.2) is 0 Å². The predicted molar refractivity (Wildman–Crippen MR) is 125 cm³/mol. The number of benzene rings is 1. The maximum absolute atomic E-state index is 12.3. The van der Waals surface area contributed by atoms with Crippen molar-refractivity contribution in [2.75, 3.05) is 46.9 Å². The molecule has 0 unspecified atom stereocenters. The van der Waals surface area contributed by atoms with E-state index >= 15 is 0 Å². The molecule has 0 bridgehead atoms. The number of amides is 3. The Morgan fingerprint density at radius 1 is 1.06 bits per heavy atom. The molecule has 1 atom stereocenters. The molecule has 176 valence electrons. The standard InChI is InChI=1S/C25H38N4O3/c1-4-32-24(31)29-15-10-19(11-16-29)28-17-13-25(14-18-28)12-9-22(26-23(30)27(2)3)20-7-5-6-8-21(20)25/h5-8,19,22H,4,9-18H2,1-3H3,(H,26,30)/t22-/m0/s1. The van der Waals surface area contributed by atoms with E-state index < -0.39 is 0 Å². The average molecular weight is 443 g/mol. The number of rotatable bonds is 3. The highest BCUT2D eigenvalue weighted by atomic mass is 16.6. The van der Waals surface area contributed by atoms with Gasteiger partial charge in [0.25, 0.3) is 0 Å². The van der Waals surface area contributed by atoms with Gasteiger partial charge in [-0.15, -0.1) is 0 Å². The molecule has 0 aromatic heterocycles. The molecule has 1 aliphatic carbocycles. The normalized spacial score (nSPS) is 23.5. The molecule has 7 nitrogen and oxygen atoms in total. The Hall–Kier alpha value is -2.28. The lowest BCUT2D eigenvalue weighted by molar-refractivity contribution is 0.0523. The van der Waals surface area contributed by atoms with Crippen molar-refractivity contribution in [3.8, 4) is 0 Å². The van der Waals surface area contributed by atoms with Gasteiger partial charge in [-0.1, -0.05) is 24.3 Å². The minimum absolute atomic E-state index is 0.0234. The lowest BCUT2D eigenvalue weighted by Gasteiger charge is -2.49. The summed E-state index contributed by atoms with van der Waals surface area (Å²) in [6, 6.07) is 9.36. The number of carbonyl (C=O) groups is 2. The van der Waals surface area contributed by atoms with Crippen molar-refractivity contribution in [2.45, 2.75) is 62.9 Å². The highest BCUT2D eigenvalue weighted by Crippen LogP contribution is 2.48. The van der Waals surface area contributed by atoms with Gasteiger partial charge >= 0.3 is 12.1 Å². The molecular formula is C25H38N4O3. The number of carbonyl (C=O) groups excluding carboxylic acids is 2. The van der Waals surface area contributed by atoms with Gasteiger partial charge in [0.1, 0.15) is 0 Å². The zero-order valence-electron chi connectivity index (χ0n) is 19.8. The topological polar surface area (TPSA) is 65.1 Å². The molecule has 2 aliphatic heterocycles. The van der Waals surface area contributed by atoms with Crippen molar-refractivity contribution >= 4 is 12.1 Å². The number of fused-ring (bicyclic) bond motifs is 2. The molecule has 2 saturated heterocycles. The van der Waals surface area contributed by atoms with Crippen molar-refractivity contribution in [2.24, 2.45) is 0 Å². The summed E-state index contributed by atoms with van der Waals surface area (Å²) in [5.41, 5.74) is 2.95. The van der Waals surface area contributed by atoms with Crippen LogP contribution >= 0.6 is 0 Å². The van der Waals surface area contributed by atoms with Crippen molar-refractivity contribution in [1.29, 1.82) is 0 Å². The summed E-state index contributed by atoms with van der Waals surface area (Å²) in [6.07, 6.45) is 6.33. The van der Waals surface area contributed by atoms with Crippen LogP contribution in [0.3, 0.4) is 0 Å². The number of piperidine rings is 2. The first-order valence-corrected chi connectivity index (χ1v) is 12.2. The summed E-state index contributed by atoms with van der Waals surface area (Å²) in [4.78, 5) is 30.4. The van der Waals surface area contributed by atoms with Crippen LogP contribution in [0, 0.1) is 0 Å². The van der Waals surface area contributed by atoms with Crippen molar-refractivity contribution in [1.82, 2.24) is 20.0 Å². The third kappa shape index (κ3) is 4.58. The van der Waals surface area contributed by atoms with E-state index in [0.717, 1.165) is 64.7 Å². The Morgan fingerprint density at radius 3 is 2.41 bits per heavy atom. The summed E-state index contributed by atoms with van der Waals surface area (Å²) in [5.74, 6) is 0. The van der Waals surface area contributed by atoms with E-state index in [4.69, 9.17) is 4.74 Å². The molecule has 1 spiro atoms. The highest BCUT2D eigenvalue weighted by Gasteiger charge is 2.43. The molecule has 0 radical (unpaired) electrons. The lowest BCUT2D eigenvalue weighted by atomic mass is 9.63. The fraction of sp³-hybridized carbons (Fsp3) is 0.680. The van der Waals surface area contributed by atoms with Gasteiger partial charge < -0.3 is 24.8 Å². The molecule has 2 fully saturated rings. The molecule has 3 amide bonds. The zero-order valence-corrected chi connectivity index (χ0v) is 19.8. The Bertz CT molecular complexity index is 811. The molecule has 4 rings (SSSR count). The van der Waals surface area contributed by atoms with Crippen molar-refractivity contribution < 1.29 is 14.3 Å². The molecular weight excluding hydrogens is 404 g/mol. The van der Waals surface area contributed by atoms with E-state index in [2.05, 4.69) is 34.5 Å². The van der Waals surface area contributed by atoms with Crippen LogP contribution in [0.25, 0.3) is 0 Å². The van der Waals surface area contributed by atoms with Gasteiger partial charge in [0.2, 0.25) is 0 Å². The van der Waals surface area contributed by atoms with E-state index in [9.17, 15) is 9.59 Å². The molecule has 32 heavy (non-hydrogen) atoms. The minimum Gasteiger partial charge on any atom is -0.450 e. The Morgan fingerprint density at radius 2 is 1.75 bits per heavy atom. The van der Waals surface area contributed by atoms with Gasteiger partial charge in [0, 0.05) is 33.2 Å². The average Bonchev–Trinajstić information content (AvgIpc) is 2.82. The molecule has 1 N–H and O–H groups in total. The molecule has 1 aromatic rings. The van der Waals surface area contributed by atoms with Crippen molar-refractivity contribution in [3.63, 3.8) is 0 Å². The summed E-state index contributed by atoms with van der Waals surface area (Å²) in [5, 5.41) is 3.21. The van der Waals surface area contributed by atoms with Gasteiger partial charge in [0.05, 0.1) is 12.6 Å². The Kier molecular flexibility index (Phi) is 6.93. The third-order valence-corrected chi connectivity index (χ3v) is 7.79. The maximum atomic E-state index is 12.3. The maximum Gasteiger partial charge on any atom is 0.409 e. The van der Waals surface area contributed by atoms with Crippen LogP contribution in [0.5, 0.6) is 0 Å². The predicted octanol–water partition coefficient (Wildman–Crippen LogP) is 3.75. The quantitative estimate of drug-likeness (QED) is 0.774. The second kappa shape index (κ2) is 9.69. The van der Waals surface area contributed by atoms with E-state index in [-0.39, 0.29) is 23.6 Å². The van der Waals surface area contributed by atoms with Gasteiger partial charge in [-0.05, 0) is 75.1 Å². The first-order valence-electron chi connectivity index (χ1n) is 12.2. The van der Waals surface area contributed by atoms with E-state index in [1.807, 2.05) is 11.8 Å². The minimum atomic E-state index is -0.168. The molecule has 0 saturated carbocycles. The van der Waals surface area contributed by atoms with Crippen LogP contribution in [0.2, 0.25) is 0 Å². The zero-order chi connectivity index (χ0) is 22.7. The first kappa shape index (κ1) is 22.9. The van der Waals surface area contributed by atoms with Crippen LogP contribution in [-0.4, -0.2) is 79.7 Å². The van der Waals surface area contributed by atoms with E-state index in [1.54, 1.807) is 19.0 Å². The number of nitrogens with one attached hydrogen (secondary N) is 1. The summed E-state index contributed by atoms with van der Waals surface area (Å²) < 4.78 is 5.16. The number of ether oxygens (including phenoxy) is 1. The second-order valence-corrected chi connectivity index (χ2v) is 9.76. The second-order valence-electron chi connectivity index (χ2n) is 9.76. The van der Waals surface area contributed by atoms with Crippen molar-refractivity contribution in [3.05, 3.63) is 35.4 Å². The van der Waals surface area contributed by atoms with Gasteiger partial charge in [-0.25, -0.2) is 9.59 Å². The largest absolute Gasteiger partial charge is 0.450 e. The highest BCUT2D eigenvalue weighted by molar-refractivity contribution is 5.74. The van der Waals surface area contributed by atoms with Gasteiger partial charge in [-0.2, -0.15) is 0 Å². The van der Waals surface area contributed by atoms with Crippen LogP contribution in [-0.2, 0) is 10.2 Å². The molecule has 3 aliphatic rings. The van der Waals surface area contributed by atoms with Gasteiger partial charge in [-0.3, -0.25) is 0 Å². The van der Waals surface area contributed by atoms with E-state index in [1.165, 1.54) is 11.1 Å². The monoisotopic (exact) mass is 442 g/mol. The number of urea groups is 1. The van der Waals surface area contributed by atoms with Crippen LogP contribution in [0.15, 0.2) is 24.3 Å². The van der Waals surface area contributed by atoms with Crippen LogP contribution in [0.4, 0.5) is 9.59 Å². The molecule has 7 heteroatoms. The SMILES string of the molecule is CCOC(=O)N1CCC(N2CCC3(CC[C@H](NC(=O)N(C)C)c4ccccc43)CC2)CC1. The van der Waals surface area contributed by atoms with Crippen LogP contribution in [0.1, 0.15) is 62.6 Å². The number of hydrogen-bond donors (Lipinski definition) is 1. The summed E-state index contributed by atoms with van der Waals surface area (Å²) in [6.45, 7) is 6.09. The first-order chi connectivity index (χ1) is 15.4.